The van der Waals surface area contributed by atoms with Crippen LogP contribution in [-0.2, 0) is 0 Å². The van der Waals surface area contributed by atoms with E-state index < -0.39 is 0 Å². The minimum absolute atomic E-state index is 0.0280. The van der Waals surface area contributed by atoms with Gasteiger partial charge in [0.2, 0.25) is 0 Å². The van der Waals surface area contributed by atoms with Gasteiger partial charge >= 0.3 is 0 Å². The molecule has 0 radical (unpaired) electrons. The van der Waals surface area contributed by atoms with E-state index in [-0.39, 0.29) is 5.54 Å². The maximum Gasteiger partial charge on any atom is 0.0614 e. The van der Waals surface area contributed by atoms with Crippen LogP contribution in [0, 0.1) is 0 Å². The first-order chi connectivity index (χ1) is 6.79. The molecule has 0 aliphatic carbocycles. The van der Waals surface area contributed by atoms with E-state index >= 15 is 0 Å². The molecule has 3 nitrogen and oxygen atoms in total. The van der Waals surface area contributed by atoms with Crippen LogP contribution in [0.25, 0.3) is 0 Å². The molecule has 2 heterocycles. The van der Waals surface area contributed by atoms with E-state index in [4.69, 9.17) is 0 Å². The summed E-state index contributed by atoms with van der Waals surface area (Å²) in [6.07, 6.45) is 4.91. The number of nitrogens with zero attached hydrogens (tertiary/aromatic N) is 1. The standard InChI is InChI=1S/C11H22N2O/c1-2-12-11(9-14)5-7-13-6-3-4-10(13)8-11/h10,12,14H,2-9H2,1H3. The quantitative estimate of drug-likeness (QED) is 0.696. The third kappa shape index (κ3) is 1.81. The number of fused-ring (bicyclic) bond motifs is 1. The Kier molecular flexibility index (Phi) is 3.10. The highest BCUT2D eigenvalue weighted by molar-refractivity contribution is 4.99. The van der Waals surface area contributed by atoms with E-state index in [1.165, 1.54) is 19.4 Å². The Hall–Kier alpha value is -0.120. The largest absolute Gasteiger partial charge is 0.394 e. The van der Waals surface area contributed by atoms with E-state index in [0.29, 0.717) is 6.61 Å². The predicted molar refractivity (Wildman–Crippen MR) is 57.3 cm³/mol. The van der Waals surface area contributed by atoms with Gasteiger partial charge in [0.25, 0.3) is 0 Å². The van der Waals surface area contributed by atoms with E-state index in [0.717, 1.165) is 32.0 Å². The minimum Gasteiger partial charge on any atom is -0.394 e. The molecule has 82 valence electrons. The molecule has 2 aliphatic heterocycles. The first-order valence-corrected chi connectivity index (χ1v) is 5.89. The fourth-order valence-electron chi connectivity index (χ4n) is 3.07. The molecule has 2 N–H and O–H groups in total. The van der Waals surface area contributed by atoms with Crippen LogP contribution in [-0.4, -0.2) is 47.8 Å². The van der Waals surface area contributed by atoms with Crippen molar-refractivity contribution < 1.29 is 5.11 Å². The number of rotatable bonds is 3. The van der Waals surface area contributed by atoms with Gasteiger partial charge in [-0.1, -0.05) is 6.92 Å². The number of piperidine rings is 1. The fraction of sp³-hybridized carbons (Fsp3) is 1.00. The van der Waals surface area contributed by atoms with Crippen LogP contribution in [0.3, 0.4) is 0 Å². The maximum absolute atomic E-state index is 9.51. The van der Waals surface area contributed by atoms with E-state index in [9.17, 15) is 5.11 Å². The van der Waals surface area contributed by atoms with Crippen LogP contribution in [0.2, 0.25) is 0 Å². The SMILES string of the molecule is CCNC1(CO)CCN2CCCC2C1. The second kappa shape index (κ2) is 4.17. The number of likely N-dealkylation sites (N-methyl/N-ethyl adjacent to an activating group) is 1. The summed E-state index contributed by atoms with van der Waals surface area (Å²) >= 11 is 0. The number of hydrogen-bond donors (Lipinski definition) is 2. The molecule has 0 bridgehead atoms. The summed E-state index contributed by atoms with van der Waals surface area (Å²) in [6.45, 7) is 5.83. The molecule has 0 aromatic carbocycles. The molecule has 2 saturated heterocycles. The molecule has 2 fully saturated rings. The van der Waals surface area contributed by atoms with Gasteiger partial charge in [-0.25, -0.2) is 0 Å². The molecule has 2 aliphatic rings. The van der Waals surface area contributed by atoms with Crippen LogP contribution in [0.15, 0.2) is 0 Å². The third-order valence-electron chi connectivity index (χ3n) is 3.86. The van der Waals surface area contributed by atoms with Crippen molar-refractivity contribution in [2.45, 2.75) is 44.2 Å². The van der Waals surface area contributed by atoms with E-state index in [1.54, 1.807) is 0 Å². The Balaban J connectivity index is 2.00. The van der Waals surface area contributed by atoms with Gasteiger partial charge in [-0.05, 0) is 38.8 Å². The molecule has 0 amide bonds. The van der Waals surface area contributed by atoms with Crippen LogP contribution in [0.1, 0.15) is 32.6 Å². The Bertz CT molecular complexity index is 198. The summed E-state index contributed by atoms with van der Waals surface area (Å²) in [6, 6.07) is 0.731. The number of aliphatic hydroxyl groups is 1. The Morgan fingerprint density at radius 3 is 3.07 bits per heavy atom. The van der Waals surface area contributed by atoms with Crippen molar-refractivity contribution in [1.82, 2.24) is 10.2 Å². The first-order valence-electron chi connectivity index (χ1n) is 5.89. The molecule has 2 rings (SSSR count). The highest BCUT2D eigenvalue weighted by Crippen LogP contribution is 2.32. The van der Waals surface area contributed by atoms with Crippen molar-refractivity contribution in [3.63, 3.8) is 0 Å². The van der Waals surface area contributed by atoms with Crippen molar-refractivity contribution in [3.05, 3.63) is 0 Å². The monoisotopic (exact) mass is 198 g/mol. The molecular formula is C11H22N2O. The second-order valence-corrected chi connectivity index (χ2v) is 4.75. The normalized spacial score (nSPS) is 38.6. The number of hydrogen-bond acceptors (Lipinski definition) is 3. The molecule has 0 spiro atoms. The maximum atomic E-state index is 9.51. The van der Waals surface area contributed by atoms with Crippen molar-refractivity contribution >= 4 is 0 Å². The van der Waals surface area contributed by atoms with Crippen LogP contribution >= 0.6 is 0 Å². The van der Waals surface area contributed by atoms with Gasteiger partial charge in [0.15, 0.2) is 0 Å². The topological polar surface area (TPSA) is 35.5 Å². The van der Waals surface area contributed by atoms with Gasteiger partial charge in [0.05, 0.1) is 6.61 Å². The summed E-state index contributed by atoms with van der Waals surface area (Å²) in [5.41, 5.74) is 0.0280. The average Bonchev–Trinajstić information content (AvgIpc) is 2.65. The number of aliphatic hydroxyl groups excluding tert-OH is 1. The first kappa shape index (κ1) is 10.4. The van der Waals surface area contributed by atoms with Crippen LogP contribution < -0.4 is 5.32 Å². The zero-order valence-electron chi connectivity index (χ0n) is 9.13. The summed E-state index contributed by atoms with van der Waals surface area (Å²) in [5, 5.41) is 13.0. The lowest BCUT2D eigenvalue weighted by molar-refractivity contribution is 0.0602. The Morgan fingerprint density at radius 2 is 2.36 bits per heavy atom. The minimum atomic E-state index is 0.0280. The smallest absolute Gasteiger partial charge is 0.0614 e. The molecule has 2 atom stereocenters. The molecule has 0 aromatic heterocycles. The van der Waals surface area contributed by atoms with Crippen molar-refractivity contribution in [1.29, 1.82) is 0 Å². The second-order valence-electron chi connectivity index (χ2n) is 4.75. The highest BCUT2D eigenvalue weighted by Gasteiger charge is 2.40. The number of nitrogens with one attached hydrogen (secondary N) is 1. The Morgan fingerprint density at radius 1 is 1.50 bits per heavy atom. The van der Waals surface area contributed by atoms with Gasteiger partial charge < -0.3 is 15.3 Å². The van der Waals surface area contributed by atoms with Gasteiger partial charge in [0.1, 0.15) is 0 Å². The lowest BCUT2D eigenvalue weighted by Gasteiger charge is -2.43. The zero-order valence-corrected chi connectivity index (χ0v) is 9.13. The molecule has 0 saturated carbocycles. The van der Waals surface area contributed by atoms with Gasteiger partial charge in [-0.3, -0.25) is 0 Å². The molecule has 2 unspecified atom stereocenters. The van der Waals surface area contributed by atoms with Crippen LogP contribution in [0.5, 0.6) is 0 Å². The summed E-state index contributed by atoms with van der Waals surface area (Å²) in [5.74, 6) is 0. The lowest BCUT2D eigenvalue weighted by Crippen LogP contribution is -2.57. The van der Waals surface area contributed by atoms with Gasteiger partial charge in [-0.2, -0.15) is 0 Å². The third-order valence-corrected chi connectivity index (χ3v) is 3.86. The molecule has 14 heavy (non-hydrogen) atoms. The average molecular weight is 198 g/mol. The van der Waals surface area contributed by atoms with Crippen molar-refractivity contribution in [2.75, 3.05) is 26.2 Å². The highest BCUT2D eigenvalue weighted by atomic mass is 16.3. The Labute approximate surface area is 86.5 Å². The summed E-state index contributed by atoms with van der Waals surface area (Å²) in [4.78, 5) is 2.59. The van der Waals surface area contributed by atoms with Gasteiger partial charge in [-0.15, -0.1) is 0 Å². The van der Waals surface area contributed by atoms with Crippen LogP contribution in [0.4, 0.5) is 0 Å². The summed E-state index contributed by atoms with van der Waals surface area (Å²) < 4.78 is 0. The molecule has 0 aromatic rings. The zero-order chi connectivity index (χ0) is 10.0. The fourth-order valence-corrected chi connectivity index (χ4v) is 3.07. The van der Waals surface area contributed by atoms with E-state index in [1.807, 2.05) is 0 Å². The molecule has 3 heteroatoms. The van der Waals surface area contributed by atoms with Gasteiger partial charge in [0, 0.05) is 18.1 Å². The predicted octanol–water partition coefficient (Wildman–Crippen LogP) is 0.585. The van der Waals surface area contributed by atoms with E-state index in [2.05, 4.69) is 17.1 Å². The van der Waals surface area contributed by atoms with Crippen molar-refractivity contribution in [3.8, 4) is 0 Å². The molecular weight excluding hydrogens is 176 g/mol. The summed E-state index contributed by atoms with van der Waals surface area (Å²) in [7, 11) is 0. The van der Waals surface area contributed by atoms with Crippen molar-refractivity contribution in [2.24, 2.45) is 0 Å². The lowest BCUT2D eigenvalue weighted by atomic mass is 9.84.